The van der Waals surface area contributed by atoms with Gasteiger partial charge in [0.25, 0.3) is 0 Å². The molecule has 1 rings (SSSR count). The van der Waals surface area contributed by atoms with Gasteiger partial charge in [0.05, 0.1) is 4.47 Å². The lowest BCUT2D eigenvalue weighted by Gasteiger charge is -2.15. The number of hydrogen-bond donors (Lipinski definition) is 2. The quantitative estimate of drug-likeness (QED) is 0.705. The second-order valence-corrected chi connectivity index (χ2v) is 5.70. The van der Waals surface area contributed by atoms with Crippen LogP contribution in [0.4, 0.5) is 0 Å². The van der Waals surface area contributed by atoms with Crippen molar-refractivity contribution in [2.24, 2.45) is 5.73 Å². The van der Waals surface area contributed by atoms with Crippen LogP contribution in [0, 0.1) is 0 Å². The summed E-state index contributed by atoms with van der Waals surface area (Å²) in [5.74, 6) is 0.257. The van der Waals surface area contributed by atoms with E-state index in [2.05, 4.69) is 38.8 Å². The Labute approximate surface area is 126 Å². The molecular formula is C12H18Br2ClNO. The van der Waals surface area contributed by atoms with Crippen LogP contribution in [0.25, 0.3) is 0 Å². The molecule has 0 amide bonds. The number of aromatic hydroxyl groups is 1. The molecule has 0 fully saturated rings. The third-order valence-electron chi connectivity index (χ3n) is 2.58. The third-order valence-corrected chi connectivity index (χ3v) is 3.64. The summed E-state index contributed by atoms with van der Waals surface area (Å²) in [6.07, 6.45) is 4.37. The molecule has 5 heteroatoms. The molecule has 2 nitrogen and oxygen atoms in total. The Morgan fingerprint density at radius 2 is 1.94 bits per heavy atom. The van der Waals surface area contributed by atoms with Gasteiger partial charge in [-0.05, 0) is 34.5 Å². The van der Waals surface area contributed by atoms with Gasteiger partial charge in [-0.2, -0.15) is 0 Å². The van der Waals surface area contributed by atoms with Crippen molar-refractivity contribution in [1.29, 1.82) is 0 Å². The Kier molecular flexibility index (Phi) is 8.47. The van der Waals surface area contributed by atoms with Crippen LogP contribution in [0.5, 0.6) is 5.75 Å². The number of phenolic OH excluding ortho intramolecular Hbond substituents is 1. The topological polar surface area (TPSA) is 46.2 Å². The van der Waals surface area contributed by atoms with Gasteiger partial charge in [0.15, 0.2) is 0 Å². The summed E-state index contributed by atoms with van der Waals surface area (Å²) in [5, 5.41) is 9.90. The summed E-state index contributed by atoms with van der Waals surface area (Å²) in [7, 11) is 0. The normalized spacial score (nSPS) is 12.0. The maximum atomic E-state index is 9.90. The van der Waals surface area contributed by atoms with Crippen LogP contribution in [0.15, 0.2) is 21.1 Å². The van der Waals surface area contributed by atoms with E-state index in [1.165, 1.54) is 12.8 Å². The second kappa shape index (κ2) is 8.35. The molecule has 0 spiro atoms. The molecule has 0 radical (unpaired) electrons. The summed E-state index contributed by atoms with van der Waals surface area (Å²) in [6.45, 7) is 2.17. The van der Waals surface area contributed by atoms with Gasteiger partial charge in [-0.15, -0.1) is 12.4 Å². The number of nitrogens with two attached hydrogens (primary N) is 1. The molecule has 0 aliphatic carbocycles. The lowest BCUT2D eigenvalue weighted by molar-refractivity contribution is 0.452. The summed E-state index contributed by atoms with van der Waals surface area (Å²) in [4.78, 5) is 0. The van der Waals surface area contributed by atoms with Crippen molar-refractivity contribution >= 4 is 44.3 Å². The fourth-order valence-corrected chi connectivity index (χ4v) is 2.90. The fraction of sp³-hybridized carbons (Fsp3) is 0.500. The predicted molar refractivity (Wildman–Crippen MR) is 81.8 cm³/mol. The van der Waals surface area contributed by atoms with E-state index in [-0.39, 0.29) is 24.2 Å². The minimum absolute atomic E-state index is 0. The number of benzene rings is 1. The van der Waals surface area contributed by atoms with Gasteiger partial charge < -0.3 is 10.8 Å². The third kappa shape index (κ3) is 5.16. The molecule has 17 heavy (non-hydrogen) atoms. The number of rotatable bonds is 5. The molecule has 0 saturated heterocycles. The van der Waals surface area contributed by atoms with E-state index < -0.39 is 0 Å². The number of unbranched alkanes of at least 4 members (excludes halogenated alkanes) is 2. The molecule has 1 aromatic carbocycles. The number of halogens is 3. The maximum Gasteiger partial charge on any atom is 0.134 e. The second-order valence-electron chi connectivity index (χ2n) is 3.93. The van der Waals surface area contributed by atoms with E-state index in [4.69, 9.17) is 5.73 Å². The highest BCUT2D eigenvalue weighted by atomic mass is 79.9. The molecule has 0 aliphatic heterocycles. The van der Waals surface area contributed by atoms with Crippen LogP contribution in [-0.2, 0) is 0 Å². The lowest BCUT2D eigenvalue weighted by Crippen LogP contribution is -2.10. The predicted octanol–water partition coefficient (Wildman–Crippen LogP) is 4.92. The Bertz CT molecular complexity index is 361. The van der Waals surface area contributed by atoms with E-state index in [0.29, 0.717) is 4.47 Å². The Balaban J connectivity index is 0.00000256. The highest BCUT2D eigenvalue weighted by molar-refractivity contribution is 9.11. The smallest absolute Gasteiger partial charge is 0.134 e. The average molecular weight is 388 g/mol. The summed E-state index contributed by atoms with van der Waals surface area (Å²) in [5.41, 5.74) is 6.88. The molecule has 0 aromatic heterocycles. The molecule has 98 valence electrons. The zero-order valence-electron chi connectivity index (χ0n) is 9.75. The highest BCUT2D eigenvalue weighted by Gasteiger charge is 2.13. The number of hydrogen-bond acceptors (Lipinski definition) is 2. The van der Waals surface area contributed by atoms with Gasteiger partial charge in [0.2, 0.25) is 0 Å². The highest BCUT2D eigenvalue weighted by Crippen LogP contribution is 2.35. The van der Waals surface area contributed by atoms with Gasteiger partial charge in [-0.1, -0.05) is 42.1 Å². The van der Waals surface area contributed by atoms with Gasteiger partial charge in [0.1, 0.15) is 5.75 Å². The van der Waals surface area contributed by atoms with Gasteiger partial charge >= 0.3 is 0 Å². The van der Waals surface area contributed by atoms with Crippen molar-refractivity contribution < 1.29 is 5.11 Å². The first kappa shape index (κ1) is 17.2. The van der Waals surface area contributed by atoms with E-state index in [1.807, 2.05) is 12.1 Å². The average Bonchev–Trinajstić information content (AvgIpc) is 2.23. The zero-order valence-corrected chi connectivity index (χ0v) is 13.7. The largest absolute Gasteiger partial charge is 0.506 e. The molecule has 0 heterocycles. The first-order valence-corrected chi connectivity index (χ1v) is 7.08. The van der Waals surface area contributed by atoms with Crippen molar-refractivity contribution in [2.45, 2.75) is 38.6 Å². The van der Waals surface area contributed by atoms with E-state index >= 15 is 0 Å². The minimum atomic E-state index is -0.0969. The van der Waals surface area contributed by atoms with Gasteiger partial charge in [-0.25, -0.2) is 0 Å². The van der Waals surface area contributed by atoms with Crippen LogP contribution in [-0.4, -0.2) is 5.11 Å². The van der Waals surface area contributed by atoms with Crippen molar-refractivity contribution in [3.63, 3.8) is 0 Å². The fourth-order valence-electron chi connectivity index (χ4n) is 1.64. The summed E-state index contributed by atoms with van der Waals surface area (Å²) < 4.78 is 1.61. The Morgan fingerprint density at radius 3 is 2.53 bits per heavy atom. The number of phenols is 1. The molecule has 0 saturated carbocycles. The van der Waals surface area contributed by atoms with Crippen molar-refractivity contribution in [3.8, 4) is 5.75 Å². The van der Waals surface area contributed by atoms with Crippen LogP contribution in [0.1, 0.15) is 44.2 Å². The zero-order chi connectivity index (χ0) is 12.1. The van der Waals surface area contributed by atoms with Crippen molar-refractivity contribution in [3.05, 3.63) is 26.6 Å². The summed E-state index contributed by atoms with van der Waals surface area (Å²) >= 11 is 6.71. The van der Waals surface area contributed by atoms with Crippen LogP contribution < -0.4 is 5.73 Å². The standard InChI is InChI=1S/C12H17Br2NO.ClH/c1-2-3-4-5-11(15)9-6-8(13)7-10(14)12(9)16;/h6-7,11,16H,2-5,15H2,1H3;1H/t11-;/m0./s1. The monoisotopic (exact) mass is 385 g/mol. The molecule has 0 aliphatic rings. The molecule has 1 aromatic rings. The van der Waals surface area contributed by atoms with Crippen LogP contribution in [0.2, 0.25) is 0 Å². The Hall–Kier alpha value is 0.230. The molecular weight excluding hydrogens is 369 g/mol. The lowest BCUT2D eigenvalue weighted by atomic mass is 10.0. The molecule has 3 N–H and O–H groups in total. The first-order chi connectivity index (χ1) is 7.56. The van der Waals surface area contributed by atoms with Crippen LogP contribution >= 0.6 is 44.3 Å². The molecule has 1 atom stereocenters. The molecule has 0 unspecified atom stereocenters. The van der Waals surface area contributed by atoms with Crippen LogP contribution in [0.3, 0.4) is 0 Å². The Morgan fingerprint density at radius 1 is 1.29 bits per heavy atom. The molecule has 0 bridgehead atoms. The van der Waals surface area contributed by atoms with Crippen molar-refractivity contribution in [1.82, 2.24) is 0 Å². The minimum Gasteiger partial charge on any atom is -0.506 e. The van der Waals surface area contributed by atoms with E-state index in [1.54, 1.807) is 0 Å². The SMILES string of the molecule is CCCCC[C@H](N)c1cc(Br)cc(Br)c1O.Cl. The van der Waals surface area contributed by atoms with Gasteiger partial charge in [0, 0.05) is 16.1 Å². The van der Waals surface area contributed by atoms with Gasteiger partial charge in [-0.3, -0.25) is 0 Å². The van der Waals surface area contributed by atoms with E-state index in [9.17, 15) is 5.11 Å². The first-order valence-electron chi connectivity index (χ1n) is 5.49. The summed E-state index contributed by atoms with van der Waals surface area (Å²) in [6, 6.07) is 3.61. The maximum absolute atomic E-state index is 9.90. The van der Waals surface area contributed by atoms with E-state index in [0.717, 1.165) is 22.9 Å². The van der Waals surface area contributed by atoms with Crippen molar-refractivity contribution in [2.75, 3.05) is 0 Å².